The van der Waals surface area contributed by atoms with Gasteiger partial charge < -0.3 is 24.8 Å². The predicted octanol–water partition coefficient (Wildman–Crippen LogP) is 3.89. The summed E-state index contributed by atoms with van der Waals surface area (Å²) >= 11 is 0. The average Bonchev–Trinajstić information content (AvgIpc) is 2.68. The van der Waals surface area contributed by atoms with Gasteiger partial charge in [-0.05, 0) is 30.7 Å². The molecule has 1 aliphatic heterocycles. The highest BCUT2D eigenvalue weighted by atomic mass is 16.5. The molecule has 144 valence electrons. The van der Waals surface area contributed by atoms with Gasteiger partial charge in [-0.15, -0.1) is 0 Å². The normalized spacial score (nSPS) is 15.5. The molecule has 2 aromatic rings. The molecule has 0 radical (unpaired) electrons. The van der Waals surface area contributed by atoms with Gasteiger partial charge in [-0.25, -0.2) is 4.79 Å². The molecule has 1 aliphatic rings. The summed E-state index contributed by atoms with van der Waals surface area (Å²) in [4.78, 5) is 12.4. The number of hydrogen-bond donors (Lipinski definition) is 2. The summed E-state index contributed by atoms with van der Waals surface area (Å²) < 4.78 is 16.5. The molecule has 1 heterocycles. The standard InChI is InChI=1S/C21H26N2O4/c1-2-25-12-13-26-15-16-6-5-7-17(14-16)22-21(24)23-19-10-11-27-20-9-4-3-8-18(19)20/h3-9,14,19H,2,10-13,15H2,1H3,(H2,22,23,24). The van der Waals surface area contributed by atoms with Crippen LogP contribution in [0.15, 0.2) is 48.5 Å². The quantitative estimate of drug-likeness (QED) is 0.692. The van der Waals surface area contributed by atoms with Gasteiger partial charge in [0.25, 0.3) is 0 Å². The maximum Gasteiger partial charge on any atom is 0.319 e. The van der Waals surface area contributed by atoms with Crippen LogP contribution in [-0.2, 0) is 16.1 Å². The SMILES string of the molecule is CCOCCOCc1cccc(NC(=O)NC2CCOc3ccccc32)c1. The summed E-state index contributed by atoms with van der Waals surface area (Å²) in [5.74, 6) is 0.834. The van der Waals surface area contributed by atoms with E-state index in [9.17, 15) is 4.79 Å². The number of hydrogen-bond acceptors (Lipinski definition) is 4. The third-order valence-electron chi connectivity index (χ3n) is 4.29. The van der Waals surface area contributed by atoms with Gasteiger partial charge in [0.05, 0.1) is 32.5 Å². The lowest BCUT2D eigenvalue weighted by Crippen LogP contribution is -2.35. The van der Waals surface area contributed by atoms with Crippen LogP contribution >= 0.6 is 0 Å². The van der Waals surface area contributed by atoms with E-state index in [0.717, 1.165) is 29.0 Å². The van der Waals surface area contributed by atoms with Crippen LogP contribution in [-0.4, -0.2) is 32.5 Å². The molecule has 0 aromatic heterocycles. The molecule has 6 heteroatoms. The second-order valence-corrected chi connectivity index (χ2v) is 6.28. The molecule has 0 aliphatic carbocycles. The van der Waals surface area contributed by atoms with Crippen molar-refractivity contribution in [2.45, 2.75) is 26.0 Å². The van der Waals surface area contributed by atoms with E-state index in [1.165, 1.54) is 0 Å². The highest BCUT2D eigenvalue weighted by Gasteiger charge is 2.22. The number of fused-ring (bicyclic) bond motifs is 1. The number of benzene rings is 2. The Morgan fingerprint density at radius 3 is 2.89 bits per heavy atom. The molecule has 6 nitrogen and oxygen atoms in total. The van der Waals surface area contributed by atoms with E-state index in [2.05, 4.69) is 10.6 Å². The highest BCUT2D eigenvalue weighted by Crippen LogP contribution is 2.31. The number of carbonyl (C=O) groups excluding carboxylic acids is 1. The van der Waals surface area contributed by atoms with E-state index < -0.39 is 0 Å². The smallest absolute Gasteiger partial charge is 0.319 e. The molecule has 0 saturated heterocycles. The molecule has 2 aromatic carbocycles. The number of ether oxygens (including phenoxy) is 3. The van der Waals surface area contributed by atoms with E-state index in [-0.39, 0.29) is 12.1 Å². The highest BCUT2D eigenvalue weighted by molar-refractivity contribution is 5.89. The van der Waals surface area contributed by atoms with Gasteiger partial charge in [-0.3, -0.25) is 0 Å². The van der Waals surface area contributed by atoms with Gasteiger partial charge in [-0.2, -0.15) is 0 Å². The van der Waals surface area contributed by atoms with Crippen LogP contribution in [0.2, 0.25) is 0 Å². The Morgan fingerprint density at radius 2 is 2.00 bits per heavy atom. The molecule has 2 amide bonds. The summed E-state index contributed by atoms with van der Waals surface area (Å²) in [7, 11) is 0. The Balaban J connectivity index is 1.52. The van der Waals surface area contributed by atoms with Crippen LogP contribution in [0.3, 0.4) is 0 Å². The molecular weight excluding hydrogens is 344 g/mol. The minimum absolute atomic E-state index is 0.0555. The Kier molecular flexibility index (Phi) is 7.07. The minimum atomic E-state index is -0.230. The van der Waals surface area contributed by atoms with Gasteiger partial charge in [0.1, 0.15) is 5.75 Å². The fourth-order valence-electron chi connectivity index (χ4n) is 3.01. The minimum Gasteiger partial charge on any atom is -0.493 e. The van der Waals surface area contributed by atoms with E-state index in [0.29, 0.717) is 33.0 Å². The first-order valence-electron chi connectivity index (χ1n) is 9.30. The summed E-state index contributed by atoms with van der Waals surface area (Å²) in [6, 6.07) is 15.2. The van der Waals surface area contributed by atoms with Gasteiger partial charge in [0.2, 0.25) is 0 Å². The van der Waals surface area contributed by atoms with Crippen molar-refractivity contribution in [2.75, 3.05) is 31.7 Å². The van der Waals surface area contributed by atoms with E-state index in [4.69, 9.17) is 14.2 Å². The molecule has 27 heavy (non-hydrogen) atoms. The number of urea groups is 1. The van der Waals surface area contributed by atoms with E-state index in [1.54, 1.807) is 0 Å². The fraction of sp³-hybridized carbons (Fsp3) is 0.381. The van der Waals surface area contributed by atoms with Gasteiger partial charge in [-0.1, -0.05) is 30.3 Å². The summed E-state index contributed by atoms with van der Waals surface area (Å²) in [6.45, 7) is 4.86. The zero-order valence-electron chi connectivity index (χ0n) is 15.6. The molecule has 0 saturated carbocycles. The Bertz CT molecular complexity index is 750. The van der Waals surface area contributed by atoms with Crippen LogP contribution in [0.4, 0.5) is 10.5 Å². The second kappa shape index (κ2) is 9.94. The lowest BCUT2D eigenvalue weighted by Gasteiger charge is -2.26. The lowest BCUT2D eigenvalue weighted by molar-refractivity contribution is 0.0453. The maximum absolute atomic E-state index is 12.4. The molecule has 0 spiro atoms. The van der Waals surface area contributed by atoms with Crippen LogP contribution in [0.1, 0.15) is 30.5 Å². The molecule has 2 N–H and O–H groups in total. The summed E-state index contributed by atoms with van der Waals surface area (Å²) in [6.07, 6.45) is 0.748. The van der Waals surface area contributed by atoms with Gasteiger partial charge in [0.15, 0.2) is 0 Å². The zero-order valence-corrected chi connectivity index (χ0v) is 15.6. The van der Waals surface area contributed by atoms with Crippen LogP contribution in [0, 0.1) is 0 Å². The van der Waals surface area contributed by atoms with Crippen LogP contribution in [0.5, 0.6) is 5.75 Å². The van der Waals surface area contributed by atoms with Crippen molar-refractivity contribution in [3.63, 3.8) is 0 Å². The summed E-state index contributed by atoms with van der Waals surface area (Å²) in [5, 5.41) is 5.93. The van der Waals surface area contributed by atoms with Crippen LogP contribution < -0.4 is 15.4 Å². The Morgan fingerprint density at radius 1 is 1.15 bits per heavy atom. The topological polar surface area (TPSA) is 68.8 Å². The molecule has 1 atom stereocenters. The largest absolute Gasteiger partial charge is 0.493 e. The second-order valence-electron chi connectivity index (χ2n) is 6.28. The van der Waals surface area contributed by atoms with Crippen molar-refractivity contribution in [2.24, 2.45) is 0 Å². The lowest BCUT2D eigenvalue weighted by atomic mass is 10.0. The molecule has 1 unspecified atom stereocenters. The zero-order chi connectivity index (χ0) is 18.9. The number of rotatable bonds is 8. The predicted molar refractivity (Wildman–Crippen MR) is 104 cm³/mol. The van der Waals surface area contributed by atoms with Crippen molar-refractivity contribution >= 4 is 11.7 Å². The molecule has 3 rings (SSSR count). The van der Waals surface area contributed by atoms with Gasteiger partial charge in [0, 0.05) is 24.3 Å². The number of amides is 2. The molecular formula is C21H26N2O4. The maximum atomic E-state index is 12.4. The van der Waals surface area contributed by atoms with Crippen molar-refractivity contribution in [3.8, 4) is 5.75 Å². The molecule has 0 fully saturated rings. The summed E-state index contributed by atoms with van der Waals surface area (Å²) in [5.41, 5.74) is 2.75. The van der Waals surface area contributed by atoms with Crippen molar-refractivity contribution in [1.29, 1.82) is 0 Å². The third kappa shape index (κ3) is 5.70. The number of para-hydroxylation sites is 1. The Labute approximate surface area is 159 Å². The number of carbonyl (C=O) groups is 1. The monoisotopic (exact) mass is 370 g/mol. The number of nitrogens with one attached hydrogen (secondary N) is 2. The van der Waals surface area contributed by atoms with Crippen molar-refractivity contribution < 1.29 is 19.0 Å². The van der Waals surface area contributed by atoms with Crippen molar-refractivity contribution in [3.05, 3.63) is 59.7 Å². The first-order chi connectivity index (χ1) is 13.3. The van der Waals surface area contributed by atoms with Gasteiger partial charge >= 0.3 is 6.03 Å². The average molecular weight is 370 g/mol. The first kappa shape index (κ1) is 19.2. The third-order valence-corrected chi connectivity index (χ3v) is 4.29. The van der Waals surface area contributed by atoms with E-state index in [1.807, 2.05) is 55.5 Å². The van der Waals surface area contributed by atoms with Crippen LogP contribution in [0.25, 0.3) is 0 Å². The molecule has 0 bridgehead atoms. The van der Waals surface area contributed by atoms with E-state index >= 15 is 0 Å². The van der Waals surface area contributed by atoms with Crippen molar-refractivity contribution in [1.82, 2.24) is 5.32 Å². The first-order valence-corrected chi connectivity index (χ1v) is 9.30. The Hall–Kier alpha value is -2.57. The fourth-order valence-corrected chi connectivity index (χ4v) is 3.01. The number of anilines is 1.